The monoisotopic (exact) mass is 474 g/mol. The molecule has 12 heteroatoms. The van der Waals surface area contributed by atoms with Crippen molar-refractivity contribution in [3.63, 3.8) is 0 Å². The van der Waals surface area contributed by atoms with Crippen LogP contribution in [0.25, 0.3) is 11.4 Å². The minimum Gasteiger partial charge on any atom is -0.319 e. The maximum atomic E-state index is 10.7. The van der Waals surface area contributed by atoms with Gasteiger partial charge in [-0.1, -0.05) is 99.0 Å². The number of carbonyl (C=O) groups is 1. The number of carbonyl (C=O) groups excluding carboxylic acids is 1. The molecule has 1 aromatic heterocycles. The van der Waals surface area contributed by atoms with Crippen LogP contribution in [-0.2, 0) is 17.2 Å². The second kappa shape index (κ2) is 8.42. The number of oxime groups is 1. The Morgan fingerprint density at radius 3 is 1.88 bits per heavy atom. The van der Waals surface area contributed by atoms with Gasteiger partial charge >= 0.3 is 5.97 Å². The number of hydrogen-bond acceptors (Lipinski definition) is 6. The third-order valence-electron chi connectivity index (χ3n) is 2.69. The van der Waals surface area contributed by atoms with Crippen molar-refractivity contribution >= 4 is 81.8 Å². The number of hydrogen-bond donors (Lipinski definition) is 0. The normalized spacial score (nSPS) is 12.4. The number of rotatable bonds is 3. The van der Waals surface area contributed by atoms with Gasteiger partial charge in [0.15, 0.2) is 17.5 Å². The molecule has 0 N–H and O–H groups in total. The standard InChI is InChI=1S/C14H8Cl6N4O2/c1-7(25)26-21-6-8-2-4-9(5-3-8)10-22-11(13(15,16)17)24-12(23-10)14(18,19)20/h2-6H,1H3/b21-6+. The summed E-state index contributed by atoms with van der Waals surface area (Å²) in [6.45, 7) is 1.24. The van der Waals surface area contributed by atoms with Crippen LogP contribution in [0.1, 0.15) is 24.1 Å². The molecule has 0 fully saturated rings. The Morgan fingerprint density at radius 1 is 0.962 bits per heavy atom. The largest absolute Gasteiger partial charge is 0.331 e. The first-order valence-corrected chi connectivity index (χ1v) is 8.95. The fourth-order valence-electron chi connectivity index (χ4n) is 1.64. The summed E-state index contributed by atoms with van der Waals surface area (Å²) < 4.78 is -3.86. The lowest BCUT2D eigenvalue weighted by Crippen LogP contribution is -2.16. The highest BCUT2D eigenvalue weighted by molar-refractivity contribution is 6.67. The zero-order valence-corrected chi connectivity index (χ0v) is 17.3. The molecule has 6 nitrogen and oxygen atoms in total. The summed E-state index contributed by atoms with van der Waals surface area (Å²) in [5, 5.41) is 3.52. The van der Waals surface area contributed by atoms with E-state index in [1.54, 1.807) is 24.3 Å². The summed E-state index contributed by atoms with van der Waals surface area (Å²) in [7, 11) is 0. The van der Waals surface area contributed by atoms with Crippen molar-refractivity contribution in [1.29, 1.82) is 0 Å². The van der Waals surface area contributed by atoms with Gasteiger partial charge in [0.05, 0.1) is 6.21 Å². The van der Waals surface area contributed by atoms with E-state index in [0.717, 1.165) is 0 Å². The Morgan fingerprint density at radius 2 is 1.46 bits per heavy atom. The van der Waals surface area contributed by atoms with Crippen molar-refractivity contribution in [2.45, 2.75) is 14.5 Å². The number of halogens is 6. The highest BCUT2D eigenvalue weighted by Gasteiger charge is 2.33. The summed E-state index contributed by atoms with van der Waals surface area (Å²) >= 11 is 35.0. The summed E-state index contributed by atoms with van der Waals surface area (Å²) in [5.41, 5.74) is 1.20. The predicted molar refractivity (Wildman–Crippen MR) is 103 cm³/mol. The molecular formula is C14H8Cl6N4O2. The van der Waals surface area contributed by atoms with E-state index in [-0.39, 0.29) is 17.5 Å². The molecule has 26 heavy (non-hydrogen) atoms. The molecule has 0 aliphatic carbocycles. The molecule has 138 valence electrons. The van der Waals surface area contributed by atoms with Crippen LogP contribution in [0.4, 0.5) is 0 Å². The van der Waals surface area contributed by atoms with Crippen molar-refractivity contribution in [3.05, 3.63) is 41.5 Å². The molecular weight excluding hydrogens is 469 g/mol. The lowest BCUT2D eigenvalue weighted by Gasteiger charge is -2.15. The lowest BCUT2D eigenvalue weighted by molar-refractivity contribution is -0.140. The number of benzene rings is 1. The van der Waals surface area contributed by atoms with Crippen LogP contribution < -0.4 is 0 Å². The van der Waals surface area contributed by atoms with E-state index in [1.165, 1.54) is 13.1 Å². The van der Waals surface area contributed by atoms with Gasteiger partial charge in [0.25, 0.3) is 0 Å². The zero-order chi connectivity index (χ0) is 19.5. The van der Waals surface area contributed by atoms with Crippen LogP contribution in [0.15, 0.2) is 29.4 Å². The van der Waals surface area contributed by atoms with Gasteiger partial charge in [-0.15, -0.1) is 0 Å². The molecule has 0 saturated heterocycles. The molecule has 0 amide bonds. The maximum absolute atomic E-state index is 10.7. The zero-order valence-electron chi connectivity index (χ0n) is 12.8. The number of aromatic nitrogens is 3. The van der Waals surface area contributed by atoms with E-state index in [9.17, 15) is 4.79 Å². The Hall–Kier alpha value is -0.890. The van der Waals surface area contributed by atoms with Crippen LogP contribution >= 0.6 is 69.6 Å². The summed E-state index contributed by atoms with van der Waals surface area (Å²) in [4.78, 5) is 27.3. The van der Waals surface area contributed by atoms with Gasteiger partial charge in [0, 0.05) is 12.5 Å². The van der Waals surface area contributed by atoms with Crippen molar-refractivity contribution in [3.8, 4) is 11.4 Å². The van der Waals surface area contributed by atoms with E-state index in [2.05, 4.69) is 24.9 Å². The van der Waals surface area contributed by atoms with Crippen LogP contribution in [0.2, 0.25) is 0 Å². The van der Waals surface area contributed by atoms with Crippen LogP contribution in [-0.4, -0.2) is 27.1 Å². The smallest absolute Gasteiger partial charge is 0.319 e. The van der Waals surface area contributed by atoms with Gasteiger partial charge < -0.3 is 4.84 Å². The first-order chi connectivity index (χ1) is 12.0. The lowest BCUT2D eigenvalue weighted by atomic mass is 10.1. The first-order valence-electron chi connectivity index (χ1n) is 6.68. The summed E-state index contributed by atoms with van der Waals surface area (Å²) in [6, 6.07) is 6.68. The number of alkyl halides is 6. The maximum Gasteiger partial charge on any atom is 0.331 e. The Bertz CT molecular complexity index is 799. The average molecular weight is 477 g/mol. The predicted octanol–water partition coefficient (Wildman–Crippen LogP) is 5.09. The molecule has 0 unspecified atom stereocenters. The summed E-state index contributed by atoms with van der Waals surface area (Å²) in [5.74, 6) is -0.753. The second-order valence-corrected chi connectivity index (χ2v) is 9.30. The molecule has 0 bridgehead atoms. The second-order valence-electron chi connectivity index (χ2n) is 4.74. The molecule has 0 aliphatic rings. The van der Waals surface area contributed by atoms with E-state index in [1.807, 2.05) is 0 Å². The van der Waals surface area contributed by atoms with Gasteiger partial charge in [-0.2, -0.15) is 0 Å². The highest BCUT2D eigenvalue weighted by Crippen LogP contribution is 2.40. The van der Waals surface area contributed by atoms with E-state index < -0.39 is 13.6 Å². The van der Waals surface area contributed by atoms with E-state index in [4.69, 9.17) is 69.6 Å². The highest BCUT2D eigenvalue weighted by atomic mass is 35.6. The molecule has 1 heterocycles. The van der Waals surface area contributed by atoms with Gasteiger partial charge in [0.1, 0.15) is 0 Å². The number of nitrogens with zero attached hydrogens (tertiary/aromatic N) is 4. The van der Waals surface area contributed by atoms with Crippen molar-refractivity contribution < 1.29 is 9.63 Å². The van der Waals surface area contributed by atoms with Gasteiger partial charge in [-0.25, -0.2) is 19.7 Å². The van der Waals surface area contributed by atoms with Crippen LogP contribution in [0.5, 0.6) is 0 Å². The molecule has 0 spiro atoms. The Kier molecular flexibility index (Phi) is 6.93. The quantitative estimate of drug-likeness (QED) is 0.267. The Labute approximate surface area is 178 Å². The van der Waals surface area contributed by atoms with Crippen molar-refractivity contribution in [1.82, 2.24) is 15.0 Å². The molecule has 0 aliphatic heterocycles. The molecule has 1 aromatic carbocycles. The average Bonchev–Trinajstić information content (AvgIpc) is 2.53. The first kappa shape index (κ1) is 21.4. The van der Waals surface area contributed by atoms with Crippen molar-refractivity contribution in [2.75, 3.05) is 0 Å². The SMILES string of the molecule is CC(=O)O/N=C/c1ccc(-c2nc(C(Cl)(Cl)Cl)nc(C(Cl)(Cl)Cl)n2)cc1. The van der Waals surface area contributed by atoms with Crippen molar-refractivity contribution in [2.24, 2.45) is 5.16 Å². The minimum atomic E-state index is -1.93. The topological polar surface area (TPSA) is 77.3 Å². The molecule has 0 radical (unpaired) electrons. The minimum absolute atomic E-state index is 0.145. The molecule has 0 saturated carbocycles. The third-order valence-corrected chi connectivity index (χ3v) is 3.71. The molecule has 0 atom stereocenters. The molecule has 2 aromatic rings. The van der Waals surface area contributed by atoms with E-state index in [0.29, 0.717) is 11.1 Å². The van der Waals surface area contributed by atoms with Gasteiger partial charge in [-0.05, 0) is 5.56 Å². The summed E-state index contributed by atoms with van der Waals surface area (Å²) in [6.07, 6.45) is 1.36. The fraction of sp³-hybridized carbons (Fsp3) is 0.214. The fourth-order valence-corrected chi connectivity index (χ4v) is 2.15. The molecule has 2 rings (SSSR count). The van der Waals surface area contributed by atoms with Crippen LogP contribution in [0.3, 0.4) is 0 Å². The van der Waals surface area contributed by atoms with Crippen LogP contribution in [0, 0.1) is 0 Å². The van der Waals surface area contributed by atoms with Gasteiger partial charge in [-0.3, -0.25) is 0 Å². The van der Waals surface area contributed by atoms with Gasteiger partial charge in [0.2, 0.25) is 7.59 Å². The Balaban J connectivity index is 2.41. The van der Waals surface area contributed by atoms with E-state index >= 15 is 0 Å². The third kappa shape index (κ3) is 6.08.